The summed E-state index contributed by atoms with van der Waals surface area (Å²) in [6.07, 6.45) is 0.200. The predicted molar refractivity (Wildman–Crippen MR) is 118 cm³/mol. The third-order valence-corrected chi connectivity index (χ3v) is 6.09. The summed E-state index contributed by atoms with van der Waals surface area (Å²) in [4.78, 5) is 32.4. The van der Waals surface area contributed by atoms with Gasteiger partial charge in [-0.2, -0.15) is 0 Å². The van der Waals surface area contributed by atoms with Crippen LogP contribution in [0.3, 0.4) is 0 Å². The Bertz CT molecular complexity index is 1080. The predicted octanol–water partition coefficient (Wildman–Crippen LogP) is 5.07. The quantitative estimate of drug-likeness (QED) is 0.634. The molecular formula is C22H20ClN3O2S. The molecule has 1 atom stereocenters. The summed E-state index contributed by atoms with van der Waals surface area (Å²) < 4.78 is 0. The molecule has 2 aromatic carbocycles. The maximum absolute atomic E-state index is 12.8. The fourth-order valence-electron chi connectivity index (χ4n) is 3.42. The van der Waals surface area contributed by atoms with Gasteiger partial charge in [0.2, 0.25) is 11.8 Å². The van der Waals surface area contributed by atoms with E-state index >= 15 is 0 Å². The van der Waals surface area contributed by atoms with Gasteiger partial charge in [0.25, 0.3) is 0 Å². The normalized spacial score (nSPS) is 16.3. The number of aromatic nitrogens is 1. The number of nitrogens with one attached hydrogen (secondary N) is 1. The SMILES string of the molecule is Cc1ccc(N2C[C@@H](C(=O)Nc3nc(-c4cccc(Cl)c4)c(C)s3)CC2=O)cc1. The van der Waals surface area contributed by atoms with E-state index in [1.54, 1.807) is 4.90 Å². The molecule has 0 spiro atoms. The van der Waals surface area contributed by atoms with Crippen LogP contribution in [0.4, 0.5) is 10.8 Å². The van der Waals surface area contributed by atoms with Gasteiger partial charge in [-0.3, -0.25) is 9.59 Å². The van der Waals surface area contributed by atoms with Crippen molar-refractivity contribution in [1.29, 1.82) is 0 Å². The van der Waals surface area contributed by atoms with Crippen LogP contribution in [0.2, 0.25) is 5.02 Å². The molecule has 2 amide bonds. The molecule has 148 valence electrons. The second-order valence-electron chi connectivity index (χ2n) is 7.16. The number of benzene rings is 2. The molecule has 3 aromatic rings. The highest BCUT2D eigenvalue weighted by Gasteiger charge is 2.35. The van der Waals surface area contributed by atoms with Crippen molar-refractivity contribution in [2.45, 2.75) is 20.3 Å². The summed E-state index contributed by atoms with van der Waals surface area (Å²) in [5.74, 6) is -0.620. The maximum Gasteiger partial charge on any atom is 0.231 e. The maximum atomic E-state index is 12.8. The number of nitrogens with zero attached hydrogens (tertiary/aromatic N) is 2. The van der Waals surface area contributed by atoms with Gasteiger partial charge in [-0.15, -0.1) is 11.3 Å². The number of aryl methyl sites for hydroxylation is 2. The van der Waals surface area contributed by atoms with Crippen LogP contribution >= 0.6 is 22.9 Å². The number of anilines is 2. The van der Waals surface area contributed by atoms with Gasteiger partial charge in [-0.25, -0.2) is 4.98 Å². The number of carbonyl (C=O) groups excluding carboxylic acids is 2. The zero-order valence-electron chi connectivity index (χ0n) is 16.1. The number of amides is 2. The first-order chi connectivity index (χ1) is 13.9. The molecule has 1 aliphatic heterocycles. The molecule has 0 unspecified atom stereocenters. The minimum atomic E-state index is -0.400. The third-order valence-electron chi connectivity index (χ3n) is 4.97. The van der Waals surface area contributed by atoms with Crippen LogP contribution in [-0.2, 0) is 9.59 Å². The van der Waals surface area contributed by atoms with Gasteiger partial charge in [-0.1, -0.05) is 41.4 Å². The van der Waals surface area contributed by atoms with Crippen molar-refractivity contribution in [2.75, 3.05) is 16.8 Å². The van der Waals surface area contributed by atoms with Crippen molar-refractivity contribution in [3.63, 3.8) is 0 Å². The molecule has 2 heterocycles. The summed E-state index contributed by atoms with van der Waals surface area (Å²) in [6, 6.07) is 15.2. The van der Waals surface area contributed by atoms with E-state index in [-0.39, 0.29) is 18.2 Å². The molecule has 1 N–H and O–H groups in total. The number of hydrogen-bond donors (Lipinski definition) is 1. The Labute approximate surface area is 178 Å². The van der Waals surface area contributed by atoms with E-state index in [1.165, 1.54) is 11.3 Å². The lowest BCUT2D eigenvalue weighted by molar-refractivity contribution is -0.122. The first-order valence-electron chi connectivity index (χ1n) is 9.32. The summed E-state index contributed by atoms with van der Waals surface area (Å²) in [5, 5.41) is 4.06. The lowest BCUT2D eigenvalue weighted by atomic mass is 10.1. The van der Waals surface area contributed by atoms with Crippen LogP contribution in [0.25, 0.3) is 11.3 Å². The average molecular weight is 426 g/mol. The molecule has 1 aliphatic rings. The molecule has 0 radical (unpaired) electrons. The standard InChI is InChI=1S/C22H20ClN3O2S/c1-13-6-8-18(9-7-13)26-12-16(11-19(26)27)21(28)25-22-24-20(14(2)29-22)15-4-3-5-17(23)10-15/h3-10,16H,11-12H2,1-2H3,(H,24,25,28)/t16-/m0/s1. The number of thiazole rings is 1. The summed E-state index contributed by atoms with van der Waals surface area (Å²) in [5.41, 5.74) is 3.67. The highest BCUT2D eigenvalue weighted by molar-refractivity contribution is 7.16. The lowest BCUT2D eigenvalue weighted by Gasteiger charge is -2.16. The van der Waals surface area contributed by atoms with E-state index in [4.69, 9.17) is 11.6 Å². The van der Waals surface area contributed by atoms with Crippen molar-refractivity contribution in [2.24, 2.45) is 5.92 Å². The van der Waals surface area contributed by atoms with E-state index in [0.29, 0.717) is 16.7 Å². The van der Waals surface area contributed by atoms with Gasteiger partial charge in [0.1, 0.15) is 0 Å². The monoisotopic (exact) mass is 425 g/mol. The Kier molecular flexibility index (Phi) is 5.39. The Morgan fingerprint density at radius 3 is 2.69 bits per heavy atom. The van der Waals surface area contributed by atoms with Crippen molar-refractivity contribution in [3.8, 4) is 11.3 Å². The van der Waals surface area contributed by atoms with Gasteiger partial charge < -0.3 is 10.2 Å². The summed E-state index contributed by atoms with van der Waals surface area (Å²) in [7, 11) is 0. The van der Waals surface area contributed by atoms with Crippen LogP contribution in [-0.4, -0.2) is 23.3 Å². The third kappa shape index (κ3) is 4.18. The second-order valence-corrected chi connectivity index (χ2v) is 8.80. The number of rotatable bonds is 4. The molecule has 5 nitrogen and oxygen atoms in total. The molecule has 7 heteroatoms. The van der Waals surface area contributed by atoms with E-state index in [1.807, 2.05) is 62.4 Å². The molecule has 1 aromatic heterocycles. The van der Waals surface area contributed by atoms with Crippen LogP contribution < -0.4 is 10.2 Å². The molecule has 1 saturated heterocycles. The molecule has 0 bridgehead atoms. The van der Waals surface area contributed by atoms with Gasteiger partial charge >= 0.3 is 0 Å². The van der Waals surface area contributed by atoms with Crippen LogP contribution in [0.5, 0.6) is 0 Å². The van der Waals surface area contributed by atoms with Gasteiger partial charge in [0, 0.05) is 34.1 Å². The Balaban J connectivity index is 1.47. The molecule has 29 heavy (non-hydrogen) atoms. The molecule has 1 fully saturated rings. The van der Waals surface area contributed by atoms with Gasteiger partial charge in [0.05, 0.1) is 11.6 Å². The average Bonchev–Trinajstić information content (AvgIpc) is 3.25. The minimum absolute atomic E-state index is 0.0380. The molecule has 0 saturated carbocycles. The summed E-state index contributed by atoms with van der Waals surface area (Å²) in [6.45, 7) is 4.33. The van der Waals surface area contributed by atoms with E-state index in [0.717, 1.165) is 27.4 Å². The van der Waals surface area contributed by atoms with Crippen LogP contribution in [0.15, 0.2) is 48.5 Å². The Morgan fingerprint density at radius 2 is 1.97 bits per heavy atom. The minimum Gasteiger partial charge on any atom is -0.312 e. The second kappa shape index (κ2) is 7.97. The zero-order chi connectivity index (χ0) is 20.5. The highest BCUT2D eigenvalue weighted by Crippen LogP contribution is 2.32. The largest absolute Gasteiger partial charge is 0.312 e. The zero-order valence-corrected chi connectivity index (χ0v) is 17.7. The topological polar surface area (TPSA) is 62.3 Å². The smallest absolute Gasteiger partial charge is 0.231 e. The van der Waals surface area contributed by atoms with Crippen LogP contribution in [0, 0.1) is 19.8 Å². The van der Waals surface area contributed by atoms with E-state index in [2.05, 4.69) is 10.3 Å². The van der Waals surface area contributed by atoms with Crippen molar-refractivity contribution >= 4 is 45.6 Å². The van der Waals surface area contributed by atoms with E-state index < -0.39 is 5.92 Å². The van der Waals surface area contributed by atoms with Crippen molar-refractivity contribution in [3.05, 3.63) is 64.0 Å². The number of hydrogen-bond acceptors (Lipinski definition) is 4. The van der Waals surface area contributed by atoms with Crippen molar-refractivity contribution in [1.82, 2.24) is 4.98 Å². The van der Waals surface area contributed by atoms with E-state index in [9.17, 15) is 9.59 Å². The number of carbonyl (C=O) groups is 2. The number of halogens is 1. The fourth-order valence-corrected chi connectivity index (χ4v) is 4.45. The Morgan fingerprint density at radius 1 is 1.21 bits per heavy atom. The summed E-state index contributed by atoms with van der Waals surface area (Å²) >= 11 is 7.50. The first kappa shape index (κ1) is 19.6. The Hall–Kier alpha value is -2.70. The van der Waals surface area contributed by atoms with Crippen molar-refractivity contribution < 1.29 is 9.59 Å². The molecule has 0 aliphatic carbocycles. The van der Waals surface area contributed by atoms with Crippen LogP contribution in [0.1, 0.15) is 16.9 Å². The highest BCUT2D eigenvalue weighted by atomic mass is 35.5. The van der Waals surface area contributed by atoms with Gasteiger partial charge in [-0.05, 0) is 38.1 Å². The lowest BCUT2D eigenvalue weighted by Crippen LogP contribution is -2.28. The molecular weight excluding hydrogens is 406 g/mol. The fraction of sp³-hybridized carbons (Fsp3) is 0.227. The first-order valence-corrected chi connectivity index (χ1v) is 10.5. The molecule has 4 rings (SSSR count). The van der Waals surface area contributed by atoms with Gasteiger partial charge in [0.15, 0.2) is 5.13 Å².